The second-order valence-corrected chi connectivity index (χ2v) is 17.0. The number of anilines is 1. The fraction of sp³-hybridized carbons (Fsp3) is 0.447. The molecule has 5 aromatic rings. The van der Waals surface area contributed by atoms with E-state index >= 15 is 0 Å². The van der Waals surface area contributed by atoms with E-state index in [-0.39, 0.29) is 39.8 Å². The van der Waals surface area contributed by atoms with E-state index < -0.39 is 77.6 Å². The van der Waals surface area contributed by atoms with Crippen LogP contribution in [0.2, 0.25) is 5.02 Å². The summed E-state index contributed by atoms with van der Waals surface area (Å²) in [6, 6.07) is 11.0. The molecule has 2 aliphatic heterocycles. The summed E-state index contributed by atoms with van der Waals surface area (Å²) in [5.74, 6) is -0.0534. The second-order valence-electron chi connectivity index (χ2n) is 15.7. The standard InChI is InChI=1S/C38H40ClF3N8O8S/c1-19-43-31(50(46-19)25-15-21(39)13-14-22(25)38(40,41)42)30-28(51)27(29-26(55-30)17-54-32(56-29)20-11-9-8-10-12-20)48-16-23(45-47-48)24-18-59-33(44-24)49(34(52)57-36(2,3)4)35(53)58-37(5,6)7/h8-16,18,26-30,32,51H,17H2,1-7H3/t26?,27?,28?,29-,30+,32?/m0/s1. The van der Waals surface area contributed by atoms with Crippen molar-refractivity contribution in [2.75, 3.05) is 11.5 Å². The number of hydrogen-bond donors (Lipinski definition) is 1. The van der Waals surface area contributed by atoms with E-state index in [0.29, 0.717) is 10.5 Å². The lowest BCUT2D eigenvalue weighted by Gasteiger charge is -2.47. The number of thiazole rings is 1. The van der Waals surface area contributed by atoms with Gasteiger partial charge >= 0.3 is 18.4 Å². The lowest BCUT2D eigenvalue weighted by molar-refractivity contribution is -0.319. The number of benzene rings is 2. The molecular formula is C38H40ClF3N8O8S. The molecule has 6 atom stereocenters. The normalized spacial score (nSPS) is 22.4. The van der Waals surface area contributed by atoms with E-state index in [1.807, 2.05) is 30.3 Å². The van der Waals surface area contributed by atoms with Crippen molar-refractivity contribution in [3.63, 3.8) is 0 Å². The van der Waals surface area contributed by atoms with Crippen LogP contribution in [0.5, 0.6) is 0 Å². The highest BCUT2D eigenvalue weighted by molar-refractivity contribution is 7.14. The summed E-state index contributed by atoms with van der Waals surface area (Å²) in [6.07, 6.45) is -11.1. The monoisotopic (exact) mass is 860 g/mol. The van der Waals surface area contributed by atoms with Gasteiger partial charge < -0.3 is 28.8 Å². The molecule has 2 aromatic carbocycles. The predicted molar refractivity (Wildman–Crippen MR) is 205 cm³/mol. The Morgan fingerprint density at radius 1 is 0.966 bits per heavy atom. The zero-order valence-electron chi connectivity index (χ0n) is 32.7. The van der Waals surface area contributed by atoms with E-state index in [1.54, 1.807) is 46.9 Å². The molecule has 2 aliphatic rings. The van der Waals surface area contributed by atoms with Gasteiger partial charge in [0.1, 0.15) is 58.9 Å². The molecule has 314 valence electrons. The van der Waals surface area contributed by atoms with E-state index in [1.165, 1.54) is 17.8 Å². The Morgan fingerprint density at radius 2 is 1.64 bits per heavy atom. The fourth-order valence-corrected chi connectivity index (χ4v) is 7.46. The van der Waals surface area contributed by atoms with Crippen molar-refractivity contribution in [2.24, 2.45) is 0 Å². The zero-order valence-corrected chi connectivity index (χ0v) is 34.3. The molecule has 4 unspecified atom stereocenters. The molecule has 0 saturated carbocycles. The topological polar surface area (TPSA) is 178 Å². The van der Waals surface area contributed by atoms with Crippen LogP contribution in [-0.2, 0) is 29.9 Å². The summed E-state index contributed by atoms with van der Waals surface area (Å²) >= 11 is 7.13. The van der Waals surface area contributed by atoms with Crippen LogP contribution in [-0.4, -0.2) is 88.2 Å². The number of amides is 2. The van der Waals surface area contributed by atoms with E-state index in [9.17, 15) is 27.9 Å². The van der Waals surface area contributed by atoms with Gasteiger partial charge in [0.15, 0.2) is 12.1 Å². The molecule has 59 heavy (non-hydrogen) atoms. The SMILES string of the molecule is Cc1nc([C@@H]2OC3COC(c4ccccc4)O[C@@H]3C(n3cc(-c4csc(N(C(=O)OC(C)(C)C)C(=O)OC(C)(C)C)n4)nn3)C2O)n(-c2cc(Cl)ccc2C(F)(F)F)n1. The highest BCUT2D eigenvalue weighted by Gasteiger charge is 2.53. The van der Waals surface area contributed by atoms with Gasteiger partial charge in [0.25, 0.3) is 0 Å². The van der Waals surface area contributed by atoms with Crippen molar-refractivity contribution in [1.82, 2.24) is 34.7 Å². The average Bonchev–Trinajstić information content (AvgIpc) is 3.90. The van der Waals surface area contributed by atoms with Crippen molar-refractivity contribution >= 4 is 40.3 Å². The van der Waals surface area contributed by atoms with Gasteiger partial charge in [-0.3, -0.25) is 0 Å². The van der Waals surface area contributed by atoms with Crippen molar-refractivity contribution in [2.45, 2.75) is 103 Å². The molecule has 5 heterocycles. The minimum absolute atomic E-state index is 0.0110. The summed E-state index contributed by atoms with van der Waals surface area (Å²) in [5.41, 5.74) is -2.31. The lowest BCUT2D eigenvalue weighted by atomic mass is 9.91. The third kappa shape index (κ3) is 9.12. The number of carbonyl (C=O) groups excluding carboxylic acids is 2. The minimum Gasteiger partial charge on any atom is -0.443 e. The van der Waals surface area contributed by atoms with Crippen LogP contribution in [0.15, 0.2) is 60.1 Å². The van der Waals surface area contributed by atoms with Gasteiger partial charge in [-0.05, 0) is 66.7 Å². The number of rotatable bonds is 6. The smallest absolute Gasteiger partial charge is 0.426 e. The van der Waals surface area contributed by atoms with Gasteiger partial charge in [0.05, 0.1) is 24.1 Å². The van der Waals surface area contributed by atoms with Gasteiger partial charge in [0.2, 0.25) is 5.13 Å². The summed E-state index contributed by atoms with van der Waals surface area (Å²) in [6.45, 7) is 11.3. The second kappa shape index (κ2) is 15.9. The molecule has 1 N–H and O–H groups in total. The summed E-state index contributed by atoms with van der Waals surface area (Å²) in [5, 5.41) is 26.7. The third-order valence-corrected chi connectivity index (χ3v) is 9.91. The molecule has 21 heteroatoms. The quantitative estimate of drug-likeness (QED) is 0.175. The minimum atomic E-state index is -4.79. The van der Waals surface area contributed by atoms with Crippen molar-refractivity contribution in [3.8, 4) is 17.1 Å². The summed E-state index contributed by atoms with van der Waals surface area (Å²) < 4.78 is 75.1. The van der Waals surface area contributed by atoms with Crippen molar-refractivity contribution in [1.29, 1.82) is 0 Å². The van der Waals surface area contributed by atoms with Crippen LogP contribution in [0.25, 0.3) is 17.1 Å². The number of aliphatic hydroxyl groups excluding tert-OH is 1. The zero-order chi connectivity index (χ0) is 42.6. The van der Waals surface area contributed by atoms with E-state index in [4.69, 9.17) is 35.3 Å². The molecule has 0 aliphatic carbocycles. The molecule has 2 amide bonds. The van der Waals surface area contributed by atoms with Gasteiger partial charge in [-0.1, -0.05) is 47.1 Å². The molecule has 16 nitrogen and oxygen atoms in total. The first-order valence-electron chi connectivity index (χ1n) is 18.3. The number of ether oxygens (including phenoxy) is 5. The lowest BCUT2D eigenvalue weighted by Crippen LogP contribution is -2.57. The van der Waals surface area contributed by atoms with Gasteiger partial charge in [-0.2, -0.15) is 23.2 Å². The molecule has 0 bridgehead atoms. The Kier molecular flexibility index (Phi) is 11.3. The largest absolute Gasteiger partial charge is 0.443 e. The van der Waals surface area contributed by atoms with Gasteiger partial charge in [-0.15, -0.1) is 16.4 Å². The van der Waals surface area contributed by atoms with Gasteiger partial charge in [0, 0.05) is 16.0 Å². The summed E-state index contributed by atoms with van der Waals surface area (Å²) in [7, 11) is 0. The molecule has 0 radical (unpaired) electrons. The summed E-state index contributed by atoms with van der Waals surface area (Å²) in [4.78, 5) is 36.2. The number of alkyl halides is 3. The number of hydrogen-bond acceptors (Lipinski definition) is 14. The van der Waals surface area contributed by atoms with Crippen LogP contribution in [0.3, 0.4) is 0 Å². The Bertz CT molecular complexity index is 2300. The number of aryl methyl sites for hydroxylation is 1. The molecule has 2 saturated heterocycles. The number of nitrogens with zero attached hydrogens (tertiary/aromatic N) is 8. The molecular weight excluding hydrogens is 821 g/mol. The van der Waals surface area contributed by atoms with Gasteiger partial charge in [-0.25, -0.2) is 28.9 Å². The third-order valence-electron chi connectivity index (χ3n) is 8.85. The maximum Gasteiger partial charge on any atom is 0.426 e. The van der Waals surface area contributed by atoms with Crippen LogP contribution in [0.1, 0.15) is 82.8 Å². The highest BCUT2D eigenvalue weighted by atomic mass is 35.5. The highest BCUT2D eigenvalue weighted by Crippen LogP contribution is 2.45. The molecule has 3 aromatic heterocycles. The van der Waals surface area contributed by atoms with Crippen LogP contribution < -0.4 is 4.90 Å². The maximum absolute atomic E-state index is 14.3. The number of imide groups is 1. The van der Waals surface area contributed by atoms with Crippen LogP contribution in [0, 0.1) is 6.92 Å². The molecule has 2 fully saturated rings. The number of halogens is 4. The first kappa shape index (κ1) is 42.1. The first-order chi connectivity index (χ1) is 27.7. The van der Waals surface area contributed by atoms with E-state index in [2.05, 4.69) is 25.4 Å². The average molecular weight is 861 g/mol. The molecule has 7 rings (SSSR count). The Labute approximate surface area is 344 Å². The number of aromatic nitrogens is 7. The molecule has 0 spiro atoms. The number of fused-ring (bicyclic) bond motifs is 1. The van der Waals surface area contributed by atoms with Crippen molar-refractivity contribution in [3.05, 3.63) is 87.9 Å². The van der Waals surface area contributed by atoms with Crippen LogP contribution in [0.4, 0.5) is 27.9 Å². The van der Waals surface area contributed by atoms with E-state index in [0.717, 1.165) is 34.2 Å². The first-order valence-corrected chi connectivity index (χ1v) is 19.5. The predicted octanol–water partition coefficient (Wildman–Crippen LogP) is 7.80. The number of aliphatic hydroxyl groups is 1. The fourth-order valence-electron chi connectivity index (χ4n) is 6.49. The Hall–Kier alpha value is -4.99. The number of carbonyl (C=O) groups is 2. The van der Waals surface area contributed by atoms with Crippen molar-refractivity contribution < 1.29 is 51.6 Å². The van der Waals surface area contributed by atoms with Crippen LogP contribution >= 0.6 is 22.9 Å². The Morgan fingerprint density at radius 3 is 2.29 bits per heavy atom. The maximum atomic E-state index is 14.3. The Balaban J connectivity index is 1.27.